The van der Waals surface area contributed by atoms with Crippen LogP contribution in [-0.4, -0.2) is 17.9 Å². The monoisotopic (exact) mass is 326 g/mol. The highest BCUT2D eigenvalue weighted by molar-refractivity contribution is 5.95. The Bertz CT molecular complexity index is 756. The third-order valence-corrected chi connectivity index (χ3v) is 3.47. The van der Waals surface area contributed by atoms with E-state index in [0.29, 0.717) is 17.1 Å². The van der Waals surface area contributed by atoms with E-state index in [4.69, 9.17) is 4.74 Å². The molecule has 5 nitrogen and oxygen atoms in total. The predicted molar refractivity (Wildman–Crippen MR) is 95.4 cm³/mol. The van der Waals surface area contributed by atoms with Gasteiger partial charge >= 0.3 is 0 Å². The highest BCUT2D eigenvalue weighted by Crippen LogP contribution is 2.21. The van der Waals surface area contributed by atoms with Crippen LogP contribution in [0.2, 0.25) is 0 Å². The van der Waals surface area contributed by atoms with E-state index in [1.807, 2.05) is 32.0 Å². The molecule has 126 valence electrons. The number of aryl methyl sites for hydroxylation is 2. The topological polar surface area (TPSA) is 67.4 Å². The quantitative estimate of drug-likeness (QED) is 0.881. The van der Waals surface area contributed by atoms with Crippen LogP contribution in [-0.2, 0) is 9.59 Å². The van der Waals surface area contributed by atoms with Crippen molar-refractivity contribution < 1.29 is 14.3 Å². The average molecular weight is 326 g/mol. The van der Waals surface area contributed by atoms with Crippen LogP contribution in [0.25, 0.3) is 0 Å². The predicted octanol–water partition coefficient (Wildman–Crippen LogP) is 3.67. The van der Waals surface area contributed by atoms with E-state index in [-0.39, 0.29) is 11.8 Å². The van der Waals surface area contributed by atoms with Gasteiger partial charge in [-0.2, -0.15) is 0 Å². The smallest absolute Gasteiger partial charge is 0.265 e. The van der Waals surface area contributed by atoms with Crippen LogP contribution in [0.4, 0.5) is 11.4 Å². The van der Waals surface area contributed by atoms with Gasteiger partial charge in [-0.15, -0.1) is 0 Å². The summed E-state index contributed by atoms with van der Waals surface area (Å²) in [6.07, 6.45) is -0.644. The van der Waals surface area contributed by atoms with Crippen LogP contribution in [0.5, 0.6) is 5.75 Å². The number of hydrogen-bond donors (Lipinski definition) is 2. The third kappa shape index (κ3) is 4.84. The van der Waals surface area contributed by atoms with Crippen molar-refractivity contribution in [2.75, 3.05) is 10.6 Å². The van der Waals surface area contributed by atoms with E-state index in [2.05, 4.69) is 10.6 Å². The van der Waals surface area contributed by atoms with Gasteiger partial charge < -0.3 is 15.4 Å². The van der Waals surface area contributed by atoms with Crippen LogP contribution in [0.15, 0.2) is 42.5 Å². The van der Waals surface area contributed by atoms with Crippen molar-refractivity contribution in [3.05, 3.63) is 53.6 Å². The van der Waals surface area contributed by atoms with Crippen molar-refractivity contribution in [1.29, 1.82) is 0 Å². The van der Waals surface area contributed by atoms with Gasteiger partial charge in [0.15, 0.2) is 6.10 Å². The van der Waals surface area contributed by atoms with E-state index >= 15 is 0 Å². The summed E-state index contributed by atoms with van der Waals surface area (Å²) in [5, 5.41) is 5.47. The van der Waals surface area contributed by atoms with E-state index in [0.717, 1.165) is 11.1 Å². The molecule has 0 aromatic heterocycles. The molecule has 2 aromatic carbocycles. The fraction of sp³-hybridized carbons (Fsp3) is 0.263. The van der Waals surface area contributed by atoms with Gasteiger partial charge in [0.2, 0.25) is 5.91 Å². The summed E-state index contributed by atoms with van der Waals surface area (Å²) in [4.78, 5) is 23.4. The van der Waals surface area contributed by atoms with Crippen LogP contribution in [0, 0.1) is 13.8 Å². The number of anilines is 2. The van der Waals surface area contributed by atoms with Crippen molar-refractivity contribution in [3.63, 3.8) is 0 Å². The van der Waals surface area contributed by atoms with Gasteiger partial charge in [0.1, 0.15) is 5.75 Å². The molecule has 0 aliphatic rings. The van der Waals surface area contributed by atoms with Crippen molar-refractivity contribution in [1.82, 2.24) is 0 Å². The molecule has 24 heavy (non-hydrogen) atoms. The summed E-state index contributed by atoms with van der Waals surface area (Å²) in [6, 6.07) is 12.9. The summed E-state index contributed by atoms with van der Waals surface area (Å²) < 4.78 is 5.77. The standard InChI is InChI=1S/C19H22N2O3/c1-12-8-9-13(2)18(10-12)24-14(3)19(23)21-17-7-5-6-16(11-17)20-15(4)22/h5-11,14H,1-4H3,(H,20,22)(H,21,23)/t14-/m0/s1. The zero-order valence-electron chi connectivity index (χ0n) is 14.3. The maximum atomic E-state index is 12.3. The number of carbonyl (C=O) groups excluding carboxylic acids is 2. The SMILES string of the molecule is CC(=O)Nc1cccc(NC(=O)[C@H](C)Oc2cc(C)ccc2C)c1. The largest absolute Gasteiger partial charge is 0.481 e. The molecule has 2 rings (SSSR count). The van der Waals surface area contributed by atoms with Gasteiger partial charge in [-0.1, -0.05) is 18.2 Å². The lowest BCUT2D eigenvalue weighted by Gasteiger charge is -2.17. The molecule has 1 atom stereocenters. The van der Waals surface area contributed by atoms with E-state index < -0.39 is 6.10 Å². The highest BCUT2D eigenvalue weighted by Gasteiger charge is 2.16. The molecular weight excluding hydrogens is 304 g/mol. The zero-order chi connectivity index (χ0) is 17.7. The van der Waals surface area contributed by atoms with Crippen molar-refractivity contribution in [2.45, 2.75) is 33.8 Å². The second-order valence-electron chi connectivity index (χ2n) is 5.78. The summed E-state index contributed by atoms with van der Waals surface area (Å²) in [5.41, 5.74) is 3.28. The normalized spacial score (nSPS) is 11.5. The molecule has 2 aromatic rings. The van der Waals surface area contributed by atoms with Gasteiger partial charge in [0.25, 0.3) is 5.91 Å². The van der Waals surface area contributed by atoms with E-state index in [9.17, 15) is 9.59 Å². The Labute approximate surface area is 142 Å². The lowest BCUT2D eigenvalue weighted by atomic mass is 10.1. The minimum absolute atomic E-state index is 0.162. The summed E-state index contributed by atoms with van der Waals surface area (Å²) in [7, 11) is 0. The molecule has 0 fully saturated rings. The fourth-order valence-corrected chi connectivity index (χ4v) is 2.20. The van der Waals surface area contributed by atoms with Crippen LogP contribution in [0.3, 0.4) is 0 Å². The Morgan fingerprint density at radius 3 is 2.33 bits per heavy atom. The van der Waals surface area contributed by atoms with Crippen molar-refractivity contribution in [2.24, 2.45) is 0 Å². The molecule has 0 aliphatic carbocycles. The number of benzene rings is 2. The Balaban J connectivity index is 2.03. The molecule has 5 heteroatoms. The Kier molecular flexibility index (Phi) is 5.58. The molecule has 2 N–H and O–H groups in total. The molecule has 0 spiro atoms. The summed E-state index contributed by atoms with van der Waals surface area (Å²) in [5.74, 6) is 0.283. The first-order valence-electron chi connectivity index (χ1n) is 7.77. The minimum Gasteiger partial charge on any atom is -0.481 e. The highest BCUT2D eigenvalue weighted by atomic mass is 16.5. The summed E-state index contributed by atoms with van der Waals surface area (Å²) in [6.45, 7) is 7.06. The Morgan fingerprint density at radius 2 is 1.67 bits per heavy atom. The van der Waals surface area contributed by atoms with Gasteiger partial charge in [0, 0.05) is 18.3 Å². The second-order valence-corrected chi connectivity index (χ2v) is 5.78. The number of rotatable bonds is 5. The molecule has 0 aliphatic heterocycles. The lowest BCUT2D eigenvalue weighted by molar-refractivity contribution is -0.122. The third-order valence-electron chi connectivity index (χ3n) is 3.47. The van der Waals surface area contributed by atoms with Crippen LogP contribution < -0.4 is 15.4 Å². The first kappa shape index (κ1) is 17.5. The molecule has 0 radical (unpaired) electrons. The van der Waals surface area contributed by atoms with Gasteiger partial charge in [-0.3, -0.25) is 9.59 Å². The molecule has 2 amide bonds. The maximum absolute atomic E-state index is 12.3. The molecule has 0 unspecified atom stereocenters. The van der Waals surface area contributed by atoms with Gasteiger partial charge in [-0.05, 0) is 56.2 Å². The second kappa shape index (κ2) is 7.64. The van der Waals surface area contributed by atoms with Crippen LogP contribution in [0.1, 0.15) is 25.0 Å². The van der Waals surface area contributed by atoms with Crippen LogP contribution >= 0.6 is 0 Å². The van der Waals surface area contributed by atoms with Crippen molar-refractivity contribution >= 4 is 23.2 Å². The fourth-order valence-electron chi connectivity index (χ4n) is 2.20. The minimum atomic E-state index is -0.644. The summed E-state index contributed by atoms with van der Waals surface area (Å²) >= 11 is 0. The van der Waals surface area contributed by atoms with Gasteiger partial charge in [0.05, 0.1) is 0 Å². The number of hydrogen-bond acceptors (Lipinski definition) is 3. The Morgan fingerprint density at radius 1 is 1.00 bits per heavy atom. The number of carbonyl (C=O) groups is 2. The average Bonchev–Trinajstić information content (AvgIpc) is 2.50. The Hall–Kier alpha value is -2.82. The first-order chi connectivity index (χ1) is 11.3. The molecule has 0 saturated heterocycles. The zero-order valence-corrected chi connectivity index (χ0v) is 14.3. The lowest BCUT2D eigenvalue weighted by Crippen LogP contribution is -2.30. The van der Waals surface area contributed by atoms with E-state index in [1.54, 1.807) is 31.2 Å². The maximum Gasteiger partial charge on any atom is 0.265 e. The first-order valence-corrected chi connectivity index (χ1v) is 7.77. The molecule has 0 heterocycles. The number of ether oxygens (including phenoxy) is 1. The van der Waals surface area contributed by atoms with Gasteiger partial charge in [-0.25, -0.2) is 0 Å². The molecule has 0 saturated carbocycles. The van der Waals surface area contributed by atoms with Crippen molar-refractivity contribution in [3.8, 4) is 5.75 Å². The number of nitrogens with one attached hydrogen (secondary N) is 2. The molecular formula is C19H22N2O3. The number of amides is 2. The molecule has 0 bridgehead atoms. The van der Waals surface area contributed by atoms with E-state index in [1.165, 1.54) is 6.92 Å².